The van der Waals surface area contributed by atoms with Crippen LogP contribution in [0.5, 0.6) is 5.75 Å². The first-order valence-electron chi connectivity index (χ1n) is 6.14. The van der Waals surface area contributed by atoms with Gasteiger partial charge in [0.1, 0.15) is 17.7 Å². The lowest BCUT2D eigenvalue weighted by atomic mass is 9.94. The molecule has 2 atom stereocenters. The van der Waals surface area contributed by atoms with Gasteiger partial charge in [-0.3, -0.25) is 0 Å². The molecule has 5 heteroatoms. The van der Waals surface area contributed by atoms with Crippen LogP contribution in [0.4, 0.5) is 13.2 Å². The van der Waals surface area contributed by atoms with Crippen molar-refractivity contribution >= 4 is 0 Å². The smallest absolute Gasteiger partial charge is 0.165 e. The predicted octanol–water partition coefficient (Wildman–Crippen LogP) is 3.66. The van der Waals surface area contributed by atoms with Gasteiger partial charge in [-0.15, -0.1) is 0 Å². The van der Waals surface area contributed by atoms with Crippen LogP contribution in [-0.4, -0.2) is 5.11 Å². The van der Waals surface area contributed by atoms with E-state index in [2.05, 4.69) is 0 Å². The minimum atomic E-state index is -0.990. The average molecular weight is 280 g/mol. The Kier molecular flexibility index (Phi) is 3.14. The fraction of sp³-hybridized carbons (Fsp3) is 0.200. The van der Waals surface area contributed by atoms with Crippen molar-refractivity contribution in [1.82, 2.24) is 0 Å². The van der Waals surface area contributed by atoms with Crippen LogP contribution in [0.25, 0.3) is 0 Å². The quantitative estimate of drug-likeness (QED) is 0.863. The van der Waals surface area contributed by atoms with E-state index < -0.39 is 29.7 Å². The van der Waals surface area contributed by atoms with Gasteiger partial charge in [-0.05, 0) is 24.3 Å². The molecule has 0 saturated heterocycles. The molecule has 20 heavy (non-hydrogen) atoms. The van der Waals surface area contributed by atoms with Crippen LogP contribution in [0, 0.1) is 17.5 Å². The molecule has 1 unspecified atom stereocenters. The number of aliphatic hydroxyl groups excluding tert-OH is 1. The molecule has 2 aromatic carbocycles. The fourth-order valence-corrected chi connectivity index (χ4v) is 2.38. The number of ether oxygens (including phenoxy) is 1. The second-order valence-corrected chi connectivity index (χ2v) is 4.68. The third-order valence-electron chi connectivity index (χ3n) is 3.37. The molecule has 2 nitrogen and oxygen atoms in total. The summed E-state index contributed by atoms with van der Waals surface area (Å²) in [6.45, 7) is 0. The summed E-state index contributed by atoms with van der Waals surface area (Å²) in [7, 11) is 0. The lowest BCUT2D eigenvalue weighted by Crippen LogP contribution is -2.20. The van der Waals surface area contributed by atoms with Crippen LogP contribution in [0.3, 0.4) is 0 Å². The van der Waals surface area contributed by atoms with E-state index in [0.29, 0.717) is 5.56 Å². The maximum absolute atomic E-state index is 13.8. The SMILES string of the molecule is O[C@H]1CC(c2cccc(F)c2F)Oc2ccc(F)cc21. The molecule has 1 heterocycles. The van der Waals surface area contributed by atoms with Crippen LogP contribution >= 0.6 is 0 Å². The number of aliphatic hydroxyl groups is 1. The molecule has 0 radical (unpaired) electrons. The highest BCUT2D eigenvalue weighted by Crippen LogP contribution is 2.41. The van der Waals surface area contributed by atoms with E-state index in [1.807, 2.05) is 0 Å². The summed E-state index contributed by atoms with van der Waals surface area (Å²) in [6.07, 6.45) is -1.75. The molecule has 0 aromatic heterocycles. The number of fused-ring (bicyclic) bond motifs is 1. The van der Waals surface area contributed by atoms with Gasteiger partial charge in [0.2, 0.25) is 0 Å². The Hall–Kier alpha value is -2.01. The second-order valence-electron chi connectivity index (χ2n) is 4.68. The van der Waals surface area contributed by atoms with Gasteiger partial charge in [-0.2, -0.15) is 0 Å². The lowest BCUT2D eigenvalue weighted by molar-refractivity contribution is 0.0632. The van der Waals surface area contributed by atoms with E-state index >= 15 is 0 Å². The van der Waals surface area contributed by atoms with Crippen molar-refractivity contribution in [3.63, 3.8) is 0 Å². The van der Waals surface area contributed by atoms with E-state index in [4.69, 9.17) is 4.74 Å². The first kappa shape index (κ1) is 13.0. The van der Waals surface area contributed by atoms with E-state index in [1.165, 1.54) is 30.3 Å². The van der Waals surface area contributed by atoms with Gasteiger partial charge in [0, 0.05) is 17.5 Å². The van der Waals surface area contributed by atoms with Crippen molar-refractivity contribution in [2.24, 2.45) is 0 Å². The Morgan fingerprint density at radius 1 is 1.05 bits per heavy atom. The summed E-state index contributed by atoms with van der Waals surface area (Å²) < 4.78 is 45.7. The number of hydrogen-bond donors (Lipinski definition) is 1. The predicted molar refractivity (Wildman–Crippen MR) is 65.7 cm³/mol. The first-order chi connectivity index (χ1) is 9.56. The minimum Gasteiger partial charge on any atom is -0.485 e. The van der Waals surface area contributed by atoms with Crippen LogP contribution in [0.15, 0.2) is 36.4 Å². The molecule has 0 spiro atoms. The summed E-state index contributed by atoms with van der Waals surface area (Å²) in [4.78, 5) is 0. The summed E-state index contributed by atoms with van der Waals surface area (Å²) >= 11 is 0. The molecule has 104 valence electrons. The number of hydrogen-bond acceptors (Lipinski definition) is 2. The van der Waals surface area contributed by atoms with Gasteiger partial charge in [-0.1, -0.05) is 12.1 Å². The summed E-state index contributed by atoms with van der Waals surface area (Å²) in [5.41, 5.74) is 0.358. The second kappa shape index (κ2) is 4.83. The topological polar surface area (TPSA) is 29.5 Å². The molecule has 3 rings (SSSR count). The van der Waals surface area contributed by atoms with E-state index in [9.17, 15) is 18.3 Å². The van der Waals surface area contributed by atoms with E-state index in [1.54, 1.807) is 0 Å². The number of halogens is 3. The zero-order valence-corrected chi connectivity index (χ0v) is 10.3. The first-order valence-corrected chi connectivity index (χ1v) is 6.14. The minimum absolute atomic E-state index is 0.0385. The summed E-state index contributed by atoms with van der Waals surface area (Å²) in [5, 5.41) is 10.0. The Bertz CT molecular complexity index is 658. The molecular weight excluding hydrogens is 269 g/mol. The Morgan fingerprint density at radius 2 is 1.85 bits per heavy atom. The molecule has 0 amide bonds. The van der Waals surface area contributed by atoms with Crippen molar-refractivity contribution in [3.05, 3.63) is 65.0 Å². The Labute approximate surface area is 113 Å². The number of rotatable bonds is 1. The third-order valence-corrected chi connectivity index (χ3v) is 3.37. The van der Waals surface area contributed by atoms with E-state index in [0.717, 1.165) is 6.07 Å². The summed E-state index contributed by atoms with van der Waals surface area (Å²) in [5.74, 6) is -2.17. The molecule has 1 aliphatic heterocycles. The van der Waals surface area contributed by atoms with Crippen molar-refractivity contribution in [2.75, 3.05) is 0 Å². The van der Waals surface area contributed by atoms with Crippen LogP contribution in [0.1, 0.15) is 29.8 Å². The van der Waals surface area contributed by atoms with Gasteiger partial charge < -0.3 is 9.84 Å². The van der Waals surface area contributed by atoms with Gasteiger partial charge in [0.25, 0.3) is 0 Å². The summed E-state index contributed by atoms with van der Waals surface area (Å²) in [6, 6.07) is 7.54. The fourth-order valence-electron chi connectivity index (χ4n) is 2.38. The normalized spacial score (nSPS) is 21.2. The standard InChI is InChI=1S/C15H11F3O2/c16-8-4-5-13-10(6-8)12(19)7-14(20-13)9-2-1-3-11(17)15(9)18/h1-6,12,14,19H,7H2/t12-,14?/m0/s1. The van der Waals surface area contributed by atoms with E-state index in [-0.39, 0.29) is 17.7 Å². The van der Waals surface area contributed by atoms with Crippen molar-refractivity contribution in [3.8, 4) is 5.75 Å². The number of benzene rings is 2. The zero-order chi connectivity index (χ0) is 14.3. The van der Waals surface area contributed by atoms with Gasteiger partial charge >= 0.3 is 0 Å². The highest BCUT2D eigenvalue weighted by atomic mass is 19.2. The van der Waals surface area contributed by atoms with Crippen LogP contribution in [0.2, 0.25) is 0 Å². The van der Waals surface area contributed by atoms with Crippen LogP contribution in [-0.2, 0) is 0 Å². The molecule has 0 bridgehead atoms. The largest absolute Gasteiger partial charge is 0.485 e. The molecule has 2 aromatic rings. The third kappa shape index (κ3) is 2.14. The Balaban J connectivity index is 1.99. The maximum Gasteiger partial charge on any atom is 0.165 e. The molecular formula is C15H11F3O2. The average Bonchev–Trinajstić information content (AvgIpc) is 2.42. The van der Waals surface area contributed by atoms with Gasteiger partial charge in [0.05, 0.1) is 6.10 Å². The molecule has 1 aliphatic rings. The highest BCUT2D eigenvalue weighted by molar-refractivity contribution is 5.39. The maximum atomic E-state index is 13.8. The van der Waals surface area contributed by atoms with Crippen molar-refractivity contribution in [1.29, 1.82) is 0 Å². The van der Waals surface area contributed by atoms with Gasteiger partial charge in [0.15, 0.2) is 11.6 Å². The molecule has 0 aliphatic carbocycles. The van der Waals surface area contributed by atoms with Crippen molar-refractivity contribution < 1.29 is 23.0 Å². The lowest BCUT2D eigenvalue weighted by Gasteiger charge is -2.30. The molecule has 1 N–H and O–H groups in total. The van der Waals surface area contributed by atoms with Crippen LogP contribution < -0.4 is 4.74 Å². The van der Waals surface area contributed by atoms with Crippen molar-refractivity contribution in [2.45, 2.75) is 18.6 Å². The molecule has 0 saturated carbocycles. The monoisotopic (exact) mass is 280 g/mol. The van der Waals surface area contributed by atoms with Gasteiger partial charge in [-0.25, -0.2) is 13.2 Å². The highest BCUT2D eigenvalue weighted by Gasteiger charge is 2.30. The molecule has 0 fully saturated rings. The zero-order valence-electron chi connectivity index (χ0n) is 10.3. The Morgan fingerprint density at radius 3 is 2.65 bits per heavy atom.